The number of nitrogens with zero attached hydrogens (tertiary/aromatic N) is 3. The molecule has 6 nitrogen and oxygen atoms in total. The first kappa shape index (κ1) is 37.7. The molecular weight excluding hydrogens is 633 g/mol. The van der Waals surface area contributed by atoms with E-state index in [2.05, 4.69) is 11.8 Å². The Kier molecular flexibility index (Phi) is 13.4. The van der Waals surface area contributed by atoms with Crippen LogP contribution in [-0.4, -0.2) is 85.3 Å². The summed E-state index contributed by atoms with van der Waals surface area (Å²) in [6, 6.07) is 6.35. The van der Waals surface area contributed by atoms with Crippen molar-refractivity contribution in [1.82, 2.24) is 14.7 Å². The van der Waals surface area contributed by atoms with E-state index in [1.807, 2.05) is 41.8 Å². The molecule has 2 fully saturated rings. The SMILES string of the molecule is Cc1ccc(C[C@@H]2CN(CC#CC(N)N3CCOCC3)CCN2C(=O)c2cc(C(F)(F)F)cc(C(F)(F)F)c2)cc1C.Cl.Cl. The van der Waals surface area contributed by atoms with E-state index in [-0.39, 0.29) is 37.4 Å². The summed E-state index contributed by atoms with van der Waals surface area (Å²) in [7, 11) is 0. The van der Waals surface area contributed by atoms with E-state index in [4.69, 9.17) is 10.5 Å². The van der Waals surface area contributed by atoms with Gasteiger partial charge in [0.1, 0.15) is 6.17 Å². The number of amides is 1. The molecule has 2 atom stereocenters. The molecule has 2 saturated heterocycles. The molecule has 0 aromatic heterocycles. The standard InChI is InChI=1S/C30H34F6N4O2.2ClH/c1-20-5-6-22(14-21(20)2)15-26-19-38(7-3-4-27(37)39-10-12-42-13-11-39)8-9-40(26)28(41)23-16-24(29(31,32)33)18-25(17-23)30(34,35)36;;/h5-6,14,16-18,26-27H,7-13,15,19,37H2,1-2H3;2*1H/t26-,27?;;/m1../s1. The molecule has 14 heteroatoms. The maximum atomic E-state index is 13.6. The van der Waals surface area contributed by atoms with Gasteiger partial charge in [0, 0.05) is 44.3 Å². The van der Waals surface area contributed by atoms with Gasteiger partial charge in [0.25, 0.3) is 5.91 Å². The van der Waals surface area contributed by atoms with Gasteiger partial charge in [0.2, 0.25) is 0 Å². The summed E-state index contributed by atoms with van der Waals surface area (Å²) < 4.78 is 86.3. The Bertz CT molecular complexity index is 1310. The highest BCUT2D eigenvalue weighted by Gasteiger charge is 2.39. The largest absolute Gasteiger partial charge is 0.416 e. The highest BCUT2D eigenvalue weighted by atomic mass is 35.5. The number of carbonyl (C=O) groups is 1. The van der Waals surface area contributed by atoms with Crippen LogP contribution in [-0.2, 0) is 23.5 Å². The molecule has 4 rings (SSSR count). The van der Waals surface area contributed by atoms with E-state index in [0.717, 1.165) is 16.7 Å². The third-order valence-electron chi connectivity index (χ3n) is 7.70. The quantitative estimate of drug-likeness (QED) is 0.352. The molecule has 1 unspecified atom stereocenters. The highest BCUT2D eigenvalue weighted by molar-refractivity contribution is 5.95. The summed E-state index contributed by atoms with van der Waals surface area (Å²) >= 11 is 0. The summed E-state index contributed by atoms with van der Waals surface area (Å²) in [5.41, 5.74) is 5.53. The monoisotopic (exact) mass is 668 g/mol. The Labute approximate surface area is 265 Å². The number of nitrogens with two attached hydrogens (primary N) is 1. The highest BCUT2D eigenvalue weighted by Crippen LogP contribution is 2.37. The van der Waals surface area contributed by atoms with Gasteiger partial charge in [-0.2, -0.15) is 26.3 Å². The third kappa shape index (κ3) is 9.73. The minimum atomic E-state index is -5.05. The first-order valence-electron chi connectivity index (χ1n) is 13.7. The Balaban J connectivity index is 0.00000337. The van der Waals surface area contributed by atoms with Crippen molar-refractivity contribution in [1.29, 1.82) is 0 Å². The molecule has 244 valence electrons. The van der Waals surface area contributed by atoms with Gasteiger partial charge in [-0.3, -0.25) is 14.6 Å². The molecule has 0 bridgehead atoms. The van der Waals surface area contributed by atoms with E-state index in [1.54, 1.807) is 0 Å². The zero-order valence-electron chi connectivity index (χ0n) is 24.3. The molecule has 2 heterocycles. The second kappa shape index (κ2) is 15.7. The van der Waals surface area contributed by atoms with Crippen LogP contribution >= 0.6 is 24.8 Å². The molecule has 1 amide bonds. The molecule has 2 aliphatic heterocycles. The maximum absolute atomic E-state index is 13.6. The number of aryl methyl sites for hydroxylation is 2. The number of morpholine rings is 1. The number of ether oxygens (including phenoxy) is 1. The van der Waals surface area contributed by atoms with E-state index in [0.29, 0.717) is 64.5 Å². The molecule has 2 aliphatic rings. The lowest BCUT2D eigenvalue weighted by Crippen LogP contribution is -2.56. The number of hydrogen-bond acceptors (Lipinski definition) is 5. The summed E-state index contributed by atoms with van der Waals surface area (Å²) in [5, 5.41) is 0. The van der Waals surface area contributed by atoms with Gasteiger partial charge < -0.3 is 15.4 Å². The van der Waals surface area contributed by atoms with Crippen molar-refractivity contribution >= 4 is 30.7 Å². The van der Waals surface area contributed by atoms with Gasteiger partial charge in [-0.25, -0.2) is 0 Å². The van der Waals surface area contributed by atoms with E-state index in [9.17, 15) is 31.1 Å². The van der Waals surface area contributed by atoms with Crippen LogP contribution in [0.1, 0.15) is 38.2 Å². The first-order chi connectivity index (χ1) is 19.7. The normalized spacial score (nSPS) is 18.8. The fraction of sp³-hybridized carbons (Fsp3) is 0.500. The maximum Gasteiger partial charge on any atom is 0.416 e. The van der Waals surface area contributed by atoms with Gasteiger partial charge in [0.05, 0.1) is 30.9 Å². The molecule has 0 saturated carbocycles. The van der Waals surface area contributed by atoms with Crippen molar-refractivity contribution in [3.8, 4) is 11.8 Å². The van der Waals surface area contributed by atoms with Gasteiger partial charge >= 0.3 is 12.4 Å². The summed E-state index contributed by atoms with van der Waals surface area (Å²) in [5.74, 6) is 5.26. The lowest BCUT2D eigenvalue weighted by atomic mass is 9.97. The second-order valence-corrected chi connectivity index (χ2v) is 10.7. The van der Waals surface area contributed by atoms with Crippen molar-refractivity contribution in [2.24, 2.45) is 5.73 Å². The lowest BCUT2D eigenvalue weighted by molar-refractivity contribution is -0.143. The van der Waals surface area contributed by atoms with E-state index in [1.165, 1.54) is 4.90 Å². The van der Waals surface area contributed by atoms with Crippen molar-refractivity contribution in [2.45, 2.75) is 44.8 Å². The predicted molar refractivity (Wildman–Crippen MR) is 160 cm³/mol. The van der Waals surface area contributed by atoms with Crippen LogP contribution in [0.25, 0.3) is 0 Å². The molecule has 2 N–H and O–H groups in total. The Morgan fingerprint density at radius 2 is 1.55 bits per heavy atom. The van der Waals surface area contributed by atoms with Gasteiger partial charge in [-0.05, 0) is 55.2 Å². The van der Waals surface area contributed by atoms with Gasteiger partial charge in [-0.1, -0.05) is 30.0 Å². The number of rotatable bonds is 5. The van der Waals surface area contributed by atoms with E-state index < -0.39 is 47.2 Å². The number of benzene rings is 2. The van der Waals surface area contributed by atoms with Crippen molar-refractivity contribution in [2.75, 3.05) is 52.5 Å². The molecule has 2 aromatic rings. The zero-order valence-corrected chi connectivity index (χ0v) is 25.9. The minimum Gasteiger partial charge on any atom is -0.379 e. The average molecular weight is 670 g/mol. The fourth-order valence-electron chi connectivity index (χ4n) is 5.16. The number of carbonyl (C=O) groups excluding carboxylic acids is 1. The number of alkyl halides is 6. The van der Waals surface area contributed by atoms with Crippen LogP contribution in [0.4, 0.5) is 26.3 Å². The summed E-state index contributed by atoms with van der Waals surface area (Å²) in [6.45, 7) is 7.60. The van der Waals surface area contributed by atoms with Crippen molar-refractivity contribution < 1.29 is 35.9 Å². The van der Waals surface area contributed by atoms with Crippen LogP contribution in [0.15, 0.2) is 36.4 Å². The van der Waals surface area contributed by atoms with Gasteiger partial charge in [-0.15, -0.1) is 24.8 Å². The van der Waals surface area contributed by atoms with Crippen molar-refractivity contribution in [3.05, 3.63) is 69.8 Å². The van der Waals surface area contributed by atoms with Crippen molar-refractivity contribution in [3.63, 3.8) is 0 Å². The Morgan fingerprint density at radius 3 is 2.11 bits per heavy atom. The first-order valence-corrected chi connectivity index (χ1v) is 13.7. The van der Waals surface area contributed by atoms with Crippen LogP contribution in [0, 0.1) is 25.7 Å². The number of piperazine rings is 1. The lowest BCUT2D eigenvalue weighted by Gasteiger charge is -2.41. The zero-order chi connectivity index (χ0) is 30.7. The predicted octanol–water partition coefficient (Wildman–Crippen LogP) is 5.17. The second-order valence-electron chi connectivity index (χ2n) is 10.7. The molecule has 0 spiro atoms. The average Bonchev–Trinajstić information content (AvgIpc) is 2.94. The van der Waals surface area contributed by atoms with Crippen LogP contribution in [0.5, 0.6) is 0 Å². The molecule has 2 aromatic carbocycles. The number of halogens is 8. The molecule has 0 aliphatic carbocycles. The molecule has 44 heavy (non-hydrogen) atoms. The van der Waals surface area contributed by atoms with E-state index >= 15 is 0 Å². The third-order valence-corrected chi connectivity index (χ3v) is 7.70. The smallest absolute Gasteiger partial charge is 0.379 e. The topological polar surface area (TPSA) is 62.0 Å². The van der Waals surface area contributed by atoms with Crippen LogP contribution < -0.4 is 5.73 Å². The minimum absolute atomic E-state index is 0. The Hall–Kier alpha value is -2.53. The number of hydrogen-bond donors (Lipinski definition) is 1. The van der Waals surface area contributed by atoms with Gasteiger partial charge in [0.15, 0.2) is 0 Å². The summed E-state index contributed by atoms with van der Waals surface area (Å²) in [4.78, 5) is 19.0. The van der Waals surface area contributed by atoms with Crippen LogP contribution in [0.3, 0.4) is 0 Å². The molecular formula is C30H36Cl2F6N4O2. The molecule has 0 radical (unpaired) electrons. The van der Waals surface area contributed by atoms with Crippen LogP contribution in [0.2, 0.25) is 0 Å². The summed E-state index contributed by atoms with van der Waals surface area (Å²) in [6.07, 6.45) is -10.2. The fourth-order valence-corrected chi connectivity index (χ4v) is 5.16. The Morgan fingerprint density at radius 1 is 0.932 bits per heavy atom.